The van der Waals surface area contributed by atoms with Crippen molar-refractivity contribution >= 4 is 23.8 Å². The number of carbonyl (C=O) groups is 2. The number of hydrogen-bond acceptors (Lipinski definition) is 5. The van der Waals surface area contributed by atoms with E-state index < -0.39 is 11.9 Å². The Balaban J connectivity index is 2.69. The third-order valence-electron chi connectivity index (χ3n) is 2.07. The summed E-state index contributed by atoms with van der Waals surface area (Å²) in [5.41, 5.74) is 1.02. The van der Waals surface area contributed by atoms with Crippen molar-refractivity contribution < 1.29 is 19.5 Å². The van der Waals surface area contributed by atoms with E-state index in [2.05, 4.69) is 15.2 Å². The predicted octanol–water partition coefficient (Wildman–Crippen LogP) is 1.55. The molecule has 0 saturated heterocycles. The van der Waals surface area contributed by atoms with Crippen molar-refractivity contribution in [2.75, 3.05) is 11.9 Å². The van der Waals surface area contributed by atoms with E-state index >= 15 is 0 Å². The molecule has 6 heteroatoms. The lowest BCUT2D eigenvalue weighted by Crippen LogP contribution is -2.11. The molecule has 0 aromatic heterocycles. The Morgan fingerprint density at radius 1 is 1.37 bits per heavy atom. The molecule has 1 aromatic rings. The van der Waals surface area contributed by atoms with Crippen LogP contribution in [0.4, 0.5) is 5.69 Å². The largest absolute Gasteiger partial charge is 0.463 e. The number of rotatable bonds is 5. The fourth-order valence-corrected chi connectivity index (χ4v) is 1.29. The average molecular weight is 262 g/mol. The van der Waals surface area contributed by atoms with Crippen LogP contribution < -0.4 is 5.32 Å². The zero-order valence-corrected chi connectivity index (χ0v) is 10.4. The van der Waals surface area contributed by atoms with Gasteiger partial charge in [0.2, 0.25) is 5.91 Å². The minimum Gasteiger partial charge on any atom is -0.463 e. The Labute approximate surface area is 110 Å². The number of carbonyl (C=O) groups excluding carboxylic acids is 2. The predicted molar refractivity (Wildman–Crippen MR) is 70.2 cm³/mol. The van der Waals surface area contributed by atoms with Gasteiger partial charge in [-0.2, -0.15) is 0 Å². The summed E-state index contributed by atoms with van der Waals surface area (Å²) in [6.07, 6.45) is 3.32. The first-order valence-electron chi connectivity index (χ1n) is 5.59. The Morgan fingerprint density at radius 3 is 2.79 bits per heavy atom. The zero-order chi connectivity index (χ0) is 14.1. The summed E-state index contributed by atoms with van der Waals surface area (Å²) in [6, 6.07) is 6.78. The van der Waals surface area contributed by atoms with Crippen molar-refractivity contribution in [3.05, 3.63) is 42.0 Å². The highest BCUT2D eigenvalue weighted by molar-refractivity contribution is 6.05. The number of amides is 1. The molecule has 0 bridgehead atoms. The summed E-state index contributed by atoms with van der Waals surface area (Å²) in [5, 5.41) is 14.0. The van der Waals surface area contributed by atoms with E-state index in [-0.39, 0.29) is 6.61 Å². The fraction of sp³-hybridized carbons (Fsp3) is 0.154. The normalized spacial score (nSPS) is 10.8. The van der Waals surface area contributed by atoms with Gasteiger partial charge in [-0.15, -0.1) is 0 Å². The minimum absolute atomic E-state index is 0.251. The minimum atomic E-state index is -0.581. The van der Waals surface area contributed by atoms with E-state index in [1.807, 2.05) is 0 Å². The SMILES string of the molecule is CCOC(=O)/C=C/C(=O)Nc1ccccc1/C=N/O. The van der Waals surface area contributed by atoms with Gasteiger partial charge in [-0.25, -0.2) is 4.79 Å². The maximum atomic E-state index is 11.6. The van der Waals surface area contributed by atoms with E-state index in [1.54, 1.807) is 31.2 Å². The van der Waals surface area contributed by atoms with E-state index in [0.29, 0.717) is 11.3 Å². The third kappa shape index (κ3) is 5.03. The number of hydrogen-bond donors (Lipinski definition) is 2. The maximum absolute atomic E-state index is 11.6. The Hall–Kier alpha value is -2.63. The molecule has 6 nitrogen and oxygen atoms in total. The molecule has 0 radical (unpaired) electrons. The van der Waals surface area contributed by atoms with Crippen LogP contribution in [0.25, 0.3) is 0 Å². The van der Waals surface area contributed by atoms with Gasteiger partial charge in [0.05, 0.1) is 12.8 Å². The second kappa shape index (κ2) is 7.65. The van der Waals surface area contributed by atoms with Gasteiger partial charge in [0, 0.05) is 23.4 Å². The standard InChI is InChI=1S/C13H14N2O4/c1-2-19-13(17)8-7-12(16)15-11-6-4-3-5-10(11)9-14-18/h3-9,18H,2H2,1H3,(H,15,16)/b8-7+,14-9+. The zero-order valence-electron chi connectivity index (χ0n) is 10.4. The summed E-state index contributed by atoms with van der Waals surface area (Å²) in [6.45, 7) is 1.93. The monoisotopic (exact) mass is 262 g/mol. The molecule has 1 amide bonds. The molecule has 0 unspecified atom stereocenters. The van der Waals surface area contributed by atoms with Crippen molar-refractivity contribution in [2.45, 2.75) is 6.92 Å². The second-order valence-electron chi connectivity index (χ2n) is 3.41. The number of oxime groups is 1. The van der Waals surface area contributed by atoms with Crippen LogP contribution in [0.5, 0.6) is 0 Å². The van der Waals surface area contributed by atoms with E-state index in [0.717, 1.165) is 12.2 Å². The number of para-hydroxylation sites is 1. The Kier molecular flexibility index (Phi) is 5.81. The van der Waals surface area contributed by atoms with Crippen LogP contribution in [-0.2, 0) is 14.3 Å². The lowest BCUT2D eigenvalue weighted by molar-refractivity contribution is -0.137. The van der Waals surface area contributed by atoms with Crippen molar-refractivity contribution in [1.29, 1.82) is 0 Å². The van der Waals surface area contributed by atoms with E-state index in [1.165, 1.54) is 6.21 Å². The van der Waals surface area contributed by atoms with Crippen LogP contribution in [-0.4, -0.2) is 29.9 Å². The number of esters is 1. The average Bonchev–Trinajstić information content (AvgIpc) is 2.39. The summed E-state index contributed by atoms with van der Waals surface area (Å²) < 4.78 is 4.64. The first-order valence-corrected chi connectivity index (χ1v) is 5.59. The number of nitrogens with zero attached hydrogens (tertiary/aromatic N) is 1. The highest BCUT2D eigenvalue weighted by Gasteiger charge is 2.03. The summed E-state index contributed by atoms with van der Waals surface area (Å²) in [4.78, 5) is 22.6. The van der Waals surface area contributed by atoms with Gasteiger partial charge < -0.3 is 15.3 Å². The van der Waals surface area contributed by atoms with Gasteiger partial charge in [0.15, 0.2) is 0 Å². The highest BCUT2D eigenvalue weighted by atomic mass is 16.5. The summed E-state index contributed by atoms with van der Waals surface area (Å²) >= 11 is 0. The van der Waals surface area contributed by atoms with E-state index in [4.69, 9.17) is 5.21 Å². The number of anilines is 1. The molecule has 0 heterocycles. The Bertz CT molecular complexity index is 509. The topological polar surface area (TPSA) is 88.0 Å². The van der Waals surface area contributed by atoms with Crippen molar-refractivity contribution in [2.24, 2.45) is 5.16 Å². The Morgan fingerprint density at radius 2 is 2.11 bits per heavy atom. The molecule has 0 aliphatic rings. The highest BCUT2D eigenvalue weighted by Crippen LogP contribution is 2.12. The van der Waals surface area contributed by atoms with Gasteiger partial charge in [-0.1, -0.05) is 23.4 Å². The quantitative estimate of drug-likeness (QED) is 0.277. The summed E-state index contributed by atoms with van der Waals surface area (Å²) in [7, 11) is 0. The van der Waals surface area contributed by atoms with Crippen LogP contribution in [0.1, 0.15) is 12.5 Å². The van der Waals surface area contributed by atoms with Crippen LogP contribution in [0.3, 0.4) is 0 Å². The van der Waals surface area contributed by atoms with Crippen LogP contribution >= 0.6 is 0 Å². The molecule has 0 fully saturated rings. The molecule has 0 aliphatic heterocycles. The molecule has 1 aromatic carbocycles. The molecule has 0 atom stereocenters. The van der Waals surface area contributed by atoms with E-state index in [9.17, 15) is 9.59 Å². The van der Waals surface area contributed by atoms with Crippen LogP contribution in [0.15, 0.2) is 41.6 Å². The van der Waals surface area contributed by atoms with Crippen molar-refractivity contribution in [3.8, 4) is 0 Å². The lowest BCUT2D eigenvalue weighted by Gasteiger charge is -2.05. The fourth-order valence-electron chi connectivity index (χ4n) is 1.29. The van der Waals surface area contributed by atoms with Gasteiger partial charge in [-0.05, 0) is 13.0 Å². The first kappa shape index (κ1) is 14.4. The molecule has 0 spiro atoms. The molecule has 0 aliphatic carbocycles. The van der Waals surface area contributed by atoms with Crippen LogP contribution in [0.2, 0.25) is 0 Å². The van der Waals surface area contributed by atoms with Gasteiger partial charge in [-0.3, -0.25) is 4.79 Å². The number of ether oxygens (including phenoxy) is 1. The molecular formula is C13H14N2O4. The molecule has 1 rings (SSSR count). The van der Waals surface area contributed by atoms with Gasteiger partial charge >= 0.3 is 5.97 Å². The smallest absolute Gasteiger partial charge is 0.330 e. The molecule has 0 saturated carbocycles. The molecular weight excluding hydrogens is 248 g/mol. The van der Waals surface area contributed by atoms with Crippen molar-refractivity contribution in [1.82, 2.24) is 0 Å². The molecule has 19 heavy (non-hydrogen) atoms. The molecule has 2 N–H and O–H groups in total. The number of nitrogens with one attached hydrogen (secondary N) is 1. The lowest BCUT2D eigenvalue weighted by atomic mass is 10.2. The molecule has 100 valence electrons. The van der Waals surface area contributed by atoms with Crippen LogP contribution in [0, 0.1) is 0 Å². The third-order valence-corrected chi connectivity index (χ3v) is 2.07. The first-order chi connectivity index (χ1) is 9.17. The van der Waals surface area contributed by atoms with Gasteiger partial charge in [0.1, 0.15) is 0 Å². The number of benzene rings is 1. The second-order valence-corrected chi connectivity index (χ2v) is 3.41. The summed E-state index contributed by atoms with van der Waals surface area (Å²) in [5.74, 6) is -1.06. The van der Waals surface area contributed by atoms with Crippen molar-refractivity contribution in [3.63, 3.8) is 0 Å². The maximum Gasteiger partial charge on any atom is 0.330 e. The van der Waals surface area contributed by atoms with Gasteiger partial charge in [0.25, 0.3) is 0 Å².